The monoisotopic (exact) mass is 729 g/mol. The van der Waals surface area contributed by atoms with Gasteiger partial charge in [-0.3, -0.25) is 4.90 Å². The smallest absolute Gasteiger partial charge is 0.250 e. The third-order valence-electron chi connectivity index (χ3n) is 11.4. The van der Waals surface area contributed by atoms with Crippen molar-refractivity contribution in [2.45, 2.75) is 130 Å². The highest BCUT2D eigenvalue weighted by molar-refractivity contribution is 6.75. The Balaban J connectivity index is 1.53. The van der Waals surface area contributed by atoms with Crippen LogP contribution in [0, 0.1) is 0 Å². The lowest BCUT2D eigenvalue weighted by Gasteiger charge is -2.37. The first kappa shape index (κ1) is 39.0. The molecule has 5 rings (SSSR count). The van der Waals surface area contributed by atoms with E-state index >= 15 is 0 Å². The summed E-state index contributed by atoms with van der Waals surface area (Å²) in [5.74, 6) is 4.27. The maximum Gasteiger partial charge on any atom is 0.250 e. The summed E-state index contributed by atoms with van der Waals surface area (Å²) in [5, 5.41) is 0.177. The van der Waals surface area contributed by atoms with Crippen LogP contribution in [-0.4, -0.2) is 53.4 Å². The normalized spacial score (nSPS) is 16.6. The minimum atomic E-state index is -2.05. The minimum absolute atomic E-state index is 0.0865. The Morgan fingerprint density at radius 3 is 1.75 bits per heavy atom. The molecule has 0 saturated heterocycles. The maximum absolute atomic E-state index is 7.05. The fraction of sp³-hybridized carbons (Fsp3) is 0.535. The molecule has 0 spiro atoms. The zero-order valence-corrected chi connectivity index (χ0v) is 35.8. The van der Waals surface area contributed by atoms with Crippen molar-refractivity contribution in [1.82, 2.24) is 4.90 Å². The fourth-order valence-corrected chi connectivity index (χ4v) is 8.44. The van der Waals surface area contributed by atoms with Gasteiger partial charge in [0.25, 0.3) is 0 Å². The van der Waals surface area contributed by atoms with E-state index in [1.165, 1.54) is 5.57 Å². The molecule has 278 valence electrons. The molecule has 0 amide bonds. The Hall–Kier alpha value is -3.21. The summed E-state index contributed by atoms with van der Waals surface area (Å²) in [4.78, 5) is 2.45. The van der Waals surface area contributed by atoms with Gasteiger partial charge in [0.15, 0.2) is 0 Å². The van der Waals surface area contributed by atoms with Gasteiger partial charge in [-0.25, -0.2) is 0 Å². The molecule has 2 aliphatic heterocycles. The van der Waals surface area contributed by atoms with Gasteiger partial charge >= 0.3 is 0 Å². The number of fused-ring (bicyclic) bond motifs is 4. The third kappa shape index (κ3) is 8.55. The molecule has 3 aromatic rings. The van der Waals surface area contributed by atoms with Crippen LogP contribution >= 0.6 is 0 Å². The Morgan fingerprint density at radius 1 is 0.706 bits per heavy atom. The van der Waals surface area contributed by atoms with Crippen molar-refractivity contribution in [3.8, 4) is 28.7 Å². The molecule has 0 N–H and O–H groups in total. The summed E-state index contributed by atoms with van der Waals surface area (Å²) in [6.07, 6.45) is 0.427. The molecule has 0 saturated carbocycles. The lowest BCUT2D eigenvalue weighted by molar-refractivity contribution is 0.142. The van der Waals surface area contributed by atoms with Crippen LogP contribution in [-0.2, 0) is 0 Å². The molecule has 0 radical (unpaired) electrons. The largest absolute Gasteiger partial charge is 0.543 e. The summed E-state index contributed by atoms with van der Waals surface area (Å²) in [5.41, 5.74) is 5.60. The van der Waals surface area contributed by atoms with E-state index in [2.05, 4.69) is 161 Å². The Bertz CT molecular complexity index is 1710. The zero-order valence-electron chi connectivity index (χ0n) is 33.8. The predicted molar refractivity (Wildman–Crippen MR) is 218 cm³/mol. The summed E-state index contributed by atoms with van der Waals surface area (Å²) in [6, 6.07) is 22.1. The van der Waals surface area contributed by atoms with Gasteiger partial charge in [0.1, 0.15) is 41.5 Å². The zero-order chi connectivity index (χ0) is 37.5. The molecule has 0 unspecified atom stereocenters. The number of hydrogen-bond acceptors (Lipinski definition) is 6. The quantitative estimate of drug-likeness (QED) is 0.183. The summed E-state index contributed by atoms with van der Waals surface area (Å²) in [6.45, 7) is 33.8. The van der Waals surface area contributed by atoms with E-state index in [4.69, 9.17) is 23.1 Å². The molecule has 51 heavy (non-hydrogen) atoms. The molecule has 0 bridgehead atoms. The lowest BCUT2D eigenvalue weighted by Crippen LogP contribution is -2.43. The van der Waals surface area contributed by atoms with Crippen LogP contribution in [0.3, 0.4) is 0 Å². The third-order valence-corrected chi connectivity index (χ3v) is 20.2. The second kappa shape index (κ2) is 14.7. The average molecular weight is 730 g/mol. The Morgan fingerprint density at radius 2 is 1.22 bits per heavy atom. The van der Waals surface area contributed by atoms with Gasteiger partial charge in [-0.15, -0.1) is 0 Å². The first-order chi connectivity index (χ1) is 23.7. The first-order valence-corrected chi connectivity index (χ1v) is 24.7. The predicted octanol–water partition coefficient (Wildman–Crippen LogP) is 11.8. The van der Waals surface area contributed by atoms with E-state index in [-0.39, 0.29) is 16.2 Å². The Labute approximate surface area is 310 Å². The van der Waals surface area contributed by atoms with Crippen LogP contribution in [0.1, 0.15) is 98.5 Å². The molecular formula is C43H63NO5Si2. The summed E-state index contributed by atoms with van der Waals surface area (Å²) >= 11 is 0. The molecule has 0 aromatic heterocycles. The van der Waals surface area contributed by atoms with Crippen LogP contribution in [0.4, 0.5) is 0 Å². The highest BCUT2D eigenvalue weighted by atomic mass is 28.4. The second-order valence-corrected chi connectivity index (χ2v) is 27.3. The van der Waals surface area contributed by atoms with Crippen molar-refractivity contribution < 1.29 is 23.1 Å². The number of rotatable bonds is 11. The van der Waals surface area contributed by atoms with Crippen molar-refractivity contribution in [1.29, 1.82) is 0 Å². The van der Waals surface area contributed by atoms with Crippen molar-refractivity contribution in [2.24, 2.45) is 0 Å². The van der Waals surface area contributed by atoms with Gasteiger partial charge in [0.05, 0.1) is 6.61 Å². The van der Waals surface area contributed by atoms with Crippen molar-refractivity contribution in [3.63, 3.8) is 0 Å². The van der Waals surface area contributed by atoms with Crippen LogP contribution in [0.2, 0.25) is 36.3 Å². The topological polar surface area (TPSA) is 49.4 Å². The average Bonchev–Trinajstić information content (AvgIpc) is 3.20. The number of nitrogens with zero attached hydrogens (tertiary/aromatic N) is 1. The van der Waals surface area contributed by atoms with Gasteiger partial charge in [-0.1, -0.05) is 53.7 Å². The molecule has 6 nitrogen and oxygen atoms in total. The lowest BCUT2D eigenvalue weighted by atomic mass is 9.84. The van der Waals surface area contributed by atoms with Gasteiger partial charge in [-0.2, -0.15) is 0 Å². The van der Waals surface area contributed by atoms with Crippen molar-refractivity contribution >= 4 is 27.8 Å². The Kier molecular flexibility index (Phi) is 11.2. The summed E-state index contributed by atoms with van der Waals surface area (Å²) in [7, 11) is -4.08. The van der Waals surface area contributed by atoms with Gasteiger partial charge in [-0.05, 0) is 111 Å². The molecule has 1 atom stereocenters. The van der Waals surface area contributed by atoms with Gasteiger partial charge < -0.3 is 23.1 Å². The molecule has 0 fully saturated rings. The fourth-order valence-electron chi connectivity index (χ4n) is 6.40. The van der Waals surface area contributed by atoms with E-state index in [0.717, 1.165) is 64.0 Å². The van der Waals surface area contributed by atoms with Crippen molar-refractivity contribution in [2.75, 3.05) is 19.8 Å². The van der Waals surface area contributed by atoms with E-state index in [0.29, 0.717) is 25.3 Å². The molecule has 8 heteroatoms. The molecule has 3 aromatic carbocycles. The highest BCUT2D eigenvalue weighted by Crippen LogP contribution is 2.53. The molecular weight excluding hydrogens is 667 g/mol. The maximum atomic E-state index is 7.05. The minimum Gasteiger partial charge on any atom is -0.543 e. The highest BCUT2D eigenvalue weighted by Gasteiger charge is 2.41. The van der Waals surface area contributed by atoms with Crippen LogP contribution < -0.4 is 23.1 Å². The van der Waals surface area contributed by atoms with E-state index in [9.17, 15) is 0 Å². The van der Waals surface area contributed by atoms with Crippen LogP contribution in [0.15, 0.2) is 60.7 Å². The van der Waals surface area contributed by atoms with E-state index in [1.54, 1.807) is 0 Å². The number of ether oxygens (including phenoxy) is 3. The van der Waals surface area contributed by atoms with E-state index < -0.39 is 16.6 Å². The van der Waals surface area contributed by atoms with Crippen LogP contribution in [0.5, 0.6) is 28.7 Å². The van der Waals surface area contributed by atoms with Crippen LogP contribution in [0.25, 0.3) is 11.1 Å². The standard InChI is InChI=1S/C43H63NO5Si2/c1-29(2)44(30(3)4)24-26-45-32-17-15-31(16-18-32)41-40-36(35-21-19-34(28-39(35)47-41)49-51(13,14)43(8,9)10)23-25-46-38-27-33(20-22-37(38)40)48-50(11,12)42(5,6)7/h15-22,27-30,41H,23-26H2,1-14H3/t41-/m0/s1. The summed E-state index contributed by atoms with van der Waals surface area (Å²) < 4.78 is 33.3. The SMILES string of the molecule is CC(C)N(CCOc1ccc([C@@H]2Oc3cc(O[Si](C)(C)C(C)(C)C)ccc3C3=C2c2ccc(O[Si](C)(C)C(C)(C)C)cc2OCC3)cc1)C(C)C. The number of benzene rings is 3. The second-order valence-electron chi connectivity index (χ2n) is 17.9. The van der Waals surface area contributed by atoms with Gasteiger partial charge in [0, 0.05) is 53.9 Å². The number of hydrogen-bond donors (Lipinski definition) is 0. The van der Waals surface area contributed by atoms with E-state index in [1.807, 2.05) is 0 Å². The molecule has 2 aliphatic rings. The first-order valence-electron chi connectivity index (χ1n) is 18.9. The molecule has 2 heterocycles. The van der Waals surface area contributed by atoms with Gasteiger partial charge in [0.2, 0.25) is 16.6 Å². The van der Waals surface area contributed by atoms with Crippen molar-refractivity contribution in [3.05, 3.63) is 77.4 Å². The molecule has 0 aliphatic carbocycles.